The Hall–Kier alpha value is -0.120. The van der Waals surface area contributed by atoms with E-state index in [-0.39, 0.29) is 5.60 Å². The lowest BCUT2D eigenvalue weighted by Crippen LogP contribution is -2.63. The number of hydrogen-bond acceptors (Lipinski definition) is 3. The average molecular weight is 283 g/mol. The largest absolute Gasteiger partial charge is 0.375 e. The van der Waals surface area contributed by atoms with Gasteiger partial charge in [0.05, 0.1) is 24.9 Å². The summed E-state index contributed by atoms with van der Waals surface area (Å²) in [6.45, 7) is 7.74. The van der Waals surface area contributed by atoms with Gasteiger partial charge in [-0.25, -0.2) is 0 Å². The molecule has 0 aromatic rings. The number of hydrogen-bond donors (Lipinski definition) is 1. The van der Waals surface area contributed by atoms with Gasteiger partial charge in [-0.15, -0.1) is 0 Å². The third-order valence-electron chi connectivity index (χ3n) is 5.11. The second-order valence-corrected chi connectivity index (χ2v) is 7.54. The smallest absolute Gasteiger partial charge is 0.0707 e. The molecule has 2 fully saturated rings. The van der Waals surface area contributed by atoms with Crippen molar-refractivity contribution in [1.29, 1.82) is 0 Å². The second kappa shape index (κ2) is 6.76. The van der Waals surface area contributed by atoms with Crippen LogP contribution in [0.4, 0.5) is 0 Å². The van der Waals surface area contributed by atoms with E-state index < -0.39 is 0 Å². The minimum absolute atomic E-state index is 0.0590. The normalized spacial score (nSPS) is 30.0. The summed E-state index contributed by atoms with van der Waals surface area (Å²) in [6.07, 6.45) is 9.84. The van der Waals surface area contributed by atoms with Crippen LogP contribution in [-0.4, -0.2) is 38.0 Å². The Labute approximate surface area is 124 Å². The topological polar surface area (TPSA) is 30.5 Å². The predicted molar refractivity (Wildman–Crippen MR) is 83.0 cm³/mol. The van der Waals surface area contributed by atoms with Crippen molar-refractivity contribution < 1.29 is 9.47 Å². The van der Waals surface area contributed by atoms with Crippen LogP contribution in [0, 0.1) is 5.41 Å². The van der Waals surface area contributed by atoms with Crippen molar-refractivity contribution in [1.82, 2.24) is 5.32 Å². The third kappa shape index (κ3) is 3.75. The van der Waals surface area contributed by atoms with Gasteiger partial charge in [0.2, 0.25) is 0 Å². The first-order valence-electron chi connectivity index (χ1n) is 8.41. The molecule has 2 atom stereocenters. The van der Waals surface area contributed by atoms with Crippen LogP contribution in [-0.2, 0) is 9.47 Å². The molecular weight excluding hydrogens is 250 g/mol. The highest BCUT2D eigenvalue weighted by Gasteiger charge is 2.54. The average Bonchev–Trinajstić information content (AvgIpc) is 2.63. The van der Waals surface area contributed by atoms with Crippen LogP contribution in [0.3, 0.4) is 0 Å². The summed E-state index contributed by atoms with van der Waals surface area (Å²) in [5.74, 6) is 0. The lowest BCUT2D eigenvalue weighted by Gasteiger charge is -2.56. The monoisotopic (exact) mass is 283 g/mol. The Morgan fingerprint density at radius 2 is 1.70 bits per heavy atom. The molecule has 0 heterocycles. The lowest BCUT2D eigenvalue weighted by molar-refractivity contribution is -0.156. The molecule has 2 unspecified atom stereocenters. The van der Waals surface area contributed by atoms with Gasteiger partial charge in [-0.2, -0.15) is 0 Å². The molecule has 0 aromatic heterocycles. The van der Waals surface area contributed by atoms with Crippen molar-refractivity contribution >= 4 is 0 Å². The van der Waals surface area contributed by atoms with Crippen LogP contribution >= 0.6 is 0 Å². The van der Waals surface area contributed by atoms with E-state index in [0.29, 0.717) is 24.2 Å². The first-order chi connectivity index (χ1) is 9.48. The van der Waals surface area contributed by atoms with E-state index in [1.54, 1.807) is 0 Å². The van der Waals surface area contributed by atoms with Crippen LogP contribution in [0.1, 0.15) is 65.7 Å². The van der Waals surface area contributed by atoms with Gasteiger partial charge in [-0.05, 0) is 47.1 Å². The van der Waals surface area contributed by atoms with Gasteiger partial charge in [0.15, 0.2) is 0 Å². The van der Waals surface area contributed by atoms with Crippen molar-refractivity contribution in [2.24, 2.45) is 5.41 Å². The predicted octanol–water partition coefficient (Wildman–Crippen LogP) is 3.52. The van der Waals surface area contributed by atoms with Crippen LogP contribution in [0.15, 0.2) is 0 Å². The summed E-state index contributed by atoms with van der Waals surface area (Å²) in [4.78, 5) is 0. The summed E-state index contributed by atoms with van der Waals surface area (Å²) < 4.78 is 12.0. The van der Waals surface area contributed by atoms with Crippen molar-refractivity contribution in [2.75, 3.05) is 20.3 Å². The van der Waals surface area contributed by atoms with E-state index in [1.807, 2.05) is 0 Å². The highest BCUT2D eigenvalue weighted by molar-refractivity contribution is 5.07. The molecule has 0 aromatic carbocycles. The first kappa shape index (κ1) is 16.3. The van der Waals surface area contributed by atoms with Gasteiger partial charge in [-0.3, -0.25) is 0 Å². The molecular formula is C17H33NO2. The van der Waals surface area contributed by atoms with Gasteiger partial charge in [0.25, 0.3) is 0 Å². The molecule has 0 aliphatic heterocycles. The maximum Gasteiger partial charge on any atom is 0.0707 e. The zero-order chi connectivity index (χ0) is 14.6. The fourth-order valence-corrected chi connectivity index (χ4v) is 3.98. The van der Waals surface area contributed by atoms with Gasteiger partial charge in [-0.1, -0.05) is 25.7 Å². The van der Waals surface area contributed by atoms with Crippen molar-refractivity contribution in [3.8, 4) is 0 Å². The minimum Gasteiger partial charge on any atom is -0.375 e. The Balaban J connectivity index is 1.81. The van der Waals surface area contributed by atoms with E-state index in [2.05, 4.69) is 33.1 Å². The zero-order valence-corrected chi connectivity index (χ0v) is 13.8. The molecule has 2 aliphatic rings. The van der Waals surface area contributed by atoms with E-state index in [1.165, 1.54) is 44.9 Å². The summed E-state index contributed by atoms with van der Waals surface area (Å²) in [6, 6.07) is 0.661. The molecule has 1 spiro atoms. The van der Waals surface area contributed by atoms with Crippen LogP contribution in [0.25, 0.3) is 0 Å². The molecule has 0 amide bonds. The maximum atomic E-state index is 6.19. The minimum atomic E-state index is -0.0590. The molecule has 2 aliphatic carbocycles. The summed E-state index contributed by atoms with van der Waals surface area (Å²) in [7, 11) is 2.11. The quantitative estimate of drug-likeness (QED) is 0.783. The molecule has 0 bridgehead atoms. The maximum absolute atomic E-state index is 6.19. The molecule has 1 N–H and O–H groups in total. The third-order valence-corrected chi connectivity index (χ3v) is 5.11. The first-order valence-corrected chi connectivity index (χ1v) is 8.41. The SMILES string of the molecule is CNC1CC(OCCOC(C)(C)C)C12CCCCCC2. The summed E-state index contributed by atoms with van der Waals surface area (Å²) in [5, 5.41) is 3.52. The molecule has 118 valence electrons. The van der Waals surface area contributed by atoms with E-state index >= 15 is 0 Å². The van der Waals surface area contributed by atoms with Crippen molar-refractivity contribution in [3.63, 3.8) is 0 Å². The molecule has 2 rings (SSSR count). The molecule has 20 heavy (non-hydrogen) atoms. The molecule has 3 nitrogen and oxygen atoms in total. The van der Waals surface area contributed by atoms with Crippen LogP contribution < -0.4 is 5.32 Å². The van der Waals surface area contributed by atoms with Gasteiger partial charge >= 0.3 is 0 Å². The summed E-state index contributed by atoms with van der Waals surface area (Å²) in [5.41, 5.74) is 0.351. The zero-order valence-electron chi connectivity index (χ0n) is 13.8. The van der Waals surface area contributed by atoms with E-state index in [4.69, 9.17) is 9.47 Å². The van der Waals surface area contributed by atoms with E-state index in [9.17, 15) is 0 Å². The van der Waals surface area contributed by atoms with Gasteiger partial charge in [0.1, 0.15) is 0 Å². The van der Waals surface area contributed by atoms with Crippen molar-refractivity contribution in [3.05, 3.63) is 0 Å². The number of rotatable bonds is 5. The number of nitrogens with one attached hydrogen (secondary N) is 1. The highest BCUT2D eigenvalue weighted by Crippen LogP contribution is 2.52. The Morgan fingerprint density at radius 1 is 1.05 bits per heavy atom. The molecule has 0 radical (unpaired) electrons. The molecule has 0 saturated heterocycles. The highest BCUT2D eigenvalue weighted by atomic mass is 16.5. The fourth-order valence-electron chi connectivity index (χ4n) is 3.98. The van der Waals surface area contributed by atoms with E-state index in [0.717, 1.165) is 6.61 Å². The summed E-state index contributed by atoms with van der Waals surface area (Å²) >= 11 is 0. The van der Waals surface area contributed by atoms with Crippen molar-refractivity contribution in [2.45, 2.75) is 83.5 Å². The van der Waals surface area contributed by atoms with Gasteiger partial charge < -0.3 is 14.8 Å². The Kier molecular flexibility index (Phi) is 5.49. The standard InChI is InChI=1S/C17H33NO2/c1-16(2,3)20-12-11-19-15-13-14(18-4)17(15)9-7-5-6-8-10-17/h14-15,18H,5-13H2,1-4H3. The van der Waals surface area contributed by atoms with Crippen LogP contribution in [0.2, 0.25) is 0 Å². The second-order valence-electron chi connectivity index (χ2n) is 7.54. The number of ether oxygens (including phenoxy) is 2. The molecule has 3 heteroatoms. The fraction of sp³-hybridized carbons (Fsp3) is 1.00. The lowest BCUT2D eigenvalue weighted by atomic mass is 9.58. The van der Waals surface area contributed by atoms with Gasteiger partial charge in [0, 0.05) is 11.5 Å². The Bertz CT molecular complexity index is 290. The molecule has 2 saturated carbocycles. The van der Waals surface area contributed by atoms with Crippen LogP contribution in [0.5, 0.6) is 0 Å². The Morgan fingerprint density at radius 3 is 2.25 bits per heavy atom.